The number of alkyl halides is 3. The molecule has 0 radical (unpaired) electrons. The maximum Gasteiger partial charge on any atom is 0.389 e. The minimum Gasteiger partial charge on any atom is -0.398 e. The highest BCUT2D eigenvalue weighted by Crippen LogP contribution is 2.24. The molecule has 0 fully saturated rings. The lowest BCUT2D eigenvalue weighted by Gasteiger charge is -2.25. The van der Waals surface area contributed by atoms with Gasteiger partial charge < -0.3 is 8.85 Å². The first-order valence-corrected chi connectivity index (χ1v) is 8.79. The third kappa shape index (κ3) is 8.10. The van der Waals surface area contributed by atoms with E-state index < -0.39 is 21.2 Å². The van der Waals surface area contributed by atoms with Crippen LogP contribution in [0.15, 0.2) is 0 Å². The second-order valence-corrected chi connectivity index (χ2v) is 8.40. The molecule has 0 spiro atoms. The summed E-state index contributed by atoms with van der Waals surface area (Å²) in [5, 5.41) is 0. The maximum absolute atomic E-state index is 11.9. The van der Waals surface area contributed by atoms with E-state index in [0.717, 1.165) is 31.4 Å². The smallest absolute Gasteiger partial charge is 0.389 e. The van der Waals surface area contributed by atoms with Gasteiger partial charge in [-0.3, -0.25) is 0 Å². The molecule has 0 N–H and O–H groups in total. The molecule has 0 saturated carbocycles. The highest BCUT2D eigenvalue weighted by molar-refractivity contribution is 6.67. The fourth-order valence-corrected chi connectivity index (χ4v) is 4.30. The largest absolute Gasteiger partial charge is 0.398 e. The molecule has 6 heteroatoms. The average Bonchev–Trinajstić information content (AvgIpc) is 2.32. The summed E-state index contributed by atoms with van der Waals surface area (Å²) in [4.78, 5) is 0. The Labute approximate surface area is 109 Å². The van der Waals surface area contributed by atoms with Crippen molar-refractivity contribution in [3.63, 3.8) is 0 Å². The summed E-state index contributed by atoms with van der Waals surface area (Å²) in [5.41, 5.74) is 0. The Kier molecular flexibility index (Phi) is 8.89. The van der Waals surface area contributed by atoms with Crippen molar-refractivity contribution in [1.82, 2.24) is 0 Å². The zero-order chi connectivity index (χ0) is 14.1. The van der Waals surface area contributed by atoms with Crippen LogP contribution in [0.4, 0.5) is 13.2 Å². The summed E-state index contributed by atoms with van der Waals surface area (Å²) in [6.07, 6.45) is -0.966. The van der Waals surface area contributed by atoms with E-state index in [1.54, 1.807) is 14.2 Å². The Morgan fingerprint density at radius 1 is 0.889 bits per heavy atom. The third-order valence-corrected chi connectivity index (χ3v) is 6.98. The van der Waals surface area contributed by atoms with Gasteiger partial charge in [0.2, 0.25) is 0 Å². The van der Waals surface area contributed by atoms with Gasteiger partial charge in [-0.2, -0.15) is 13.2 Å². The highest BCUT2D eigenvalue weighted by atomic mass is 28.4. The Morgan fingerprint density at radius 3 is 1.83 bits per heavy atom. The molecule has 0 atom stereocenters. The van der Waals surface area contributed by atoms with Gasteiger partial charge in [-0.05, 0) is 18.5 Å². The third-order valence-electron chi connectivity index (χ3n) is 3.30. The van der Waals surface area contributed by atoms with Gasteiger partial charge in [0.05, 0.1) is 0 Å². The Morgan fingerprint density at radius 2 is 1.39 bits per heavy atom. The van der Waals surface area contributed by atoms with E-state index in [9.17, 15) is 13.2 Å². The SMILES string of the molecule is CC[Si](CCCCCCCC(F)(F)F)(OC)OC. The minimum atomic E-state index is -4.00. The molecule has 0 saturated heterocycles. The zero-order valence-electron chi connectivity index (χ0n) is 11.6. The summed E-state index contributed by atoms with van der Waals surface area (Å²) in [5.74, 6) is 0. The van der Waals surface area contributed by atoms with Gasteiger partial charge in [0.25, 0.3) is 0 Å². The number of halogens is 3. The molecule has 0 aliphatic heterocycles. The number of hydrogen-bond donors (Lipinski definition) is 0. The topological polar surface area (TPSA) is 18.5 Å². The number of rotatable bonds is 10. The van der Waals surface area contributed by atoms with Crippen LogP contribution in [0, 0.1) is 0 Å². The molecule has 0 aliphatic carbocycles. The molecule has 2 nitrogen and oxygen atoms in total. The molecule has 0 amide bonds. The van der Waals surface area contributed by atoms with Crippen LogP contribution in [0.5, 0.6) is 0 Å². The molecular weight excluding hydrogens is 261 g/mol. The predicted molar refractivity (Wildman–Crippen MR) is 68.8 cm³/mol. The summed E-state index contributed by atoms with van der Waals surface area (Å²) in [6.45, 7) is 2.06. The van der Waals surface area contributed by atoms with Crippen molar-refractivity contribution in [2.24, 2.45) is 0 Å². The van der Waals surface area contributed by atoms with Crippen LogP contribution in [0.3, 0.4) is 0 Å². The second kappa shape index (κ2) is 8.93. The lowest BCUT2D eigenvalue weighted by Crippen LogP contribution is -2.38. The summed E-state index contributed by atoms with van der Waals surface area (Å²) < 4.78 is 46.6. The Balaban J connectivity index is 3.56. The monoisotopic (exact) mass is 286 g/mol. The maximum atomic E-state index is 11.9. The zero-order valence-corrected chi connectivity index (χ0v) is 12.6. The molecule has 0 bridgehead atoms. The molecular formula is C12H25F3O2Si. The van der Waals surface area contributed by atoms with E-state index in [2.05, 4.69) is 6.92 Å². The molecule has 18 heavy (non-hydrogen) atoms. The van der Waals surface area contributed by atoms with Crippen LogP contribution < -0.4 is 0 Å². The first kappa shape index (κ1) is 17.9. The lowest BCUT2D eigenvalue weighted by molar-refractivity contribution is -0.135. The summed E-state index contributed by atoms with van der Waals surface area (Å²) >= 11 is 0. The van der Waals surface area contributed by atoms with Crippen molar-refractivity contribution in [3.05, 3.63) is 0 Å². The fraction of sp³-hybridized carbons (Fsp3) is 1.00. The van der Waals surface area contributed by atoms with Crippen molar-refractivity contribution >= 4 is 8.56 Å². The van der Waals surface area contributed by atoms with E-state index in [0.29, 0.717) is 6.42 Å². The van der Waals surface area contributed by atoms with E-state index in [1.165, 1.54) is 0 Å². The van der Waals surface area contributed by atoms with Gasteiger partial charge in [0, 0.05) is 20.6 Å². The quantitative estimate of drug-likeness (QED) is 0.430. The van der Waals surface area contributed by atoms with Crippen molar-refractivity contribution in [2.45, 2.75) is 63.7 Å². The highest BCUT2D eigenvalue weighted by Gasteiger charge is 2.32. The van der Waals surface area contributed by atoms with Crippen LogP contribution in [0.2, 0.25) is 12.1 Å². The van der Waals surface area contributed by atoms with E-state index in [1.807, 2.05) is 0 Å². The van der Waals surface area contributed by atoms with Gasteiger partial charge in [-0.15, -0.1) is 0 Å². The molecule has 0 aromatic carbocycles. The fourth-order valence-electron chi connectivity index (χ4n) is 2.00. The Bertz CT molecular complexity index is 198. The van der Waals surface area contributed by atoms with Crippen LogP contribution in [0.1, 0.15) is 45.4 Å². The molecule has 0 rings (SSSR count). The van der Waals surface area contributed by atoms with E-state index >= 15 is 0 Å². The van der Waals surface area contributed by atoms with Gasteiger partial charge >= 0.3 is 14.7 Å². The van der Waals surface area contributed by atoms with Gasteiger partial charge in [0.1, 0.15) is 0 Å². The minimum absolute atomic E-state index is 0.244. The van der Waals surface area contributed by atoms with Gasteiger partial charge in [0.15, 0.2) is 0 Å². The first-order chi connectivity index (χ1) is 8.39. The predicted octanol–water partition coefficient (Wildman–Crippen LogP) is 4.64. The van der Waals surface area contributed by atoms with Crippen molar-refractivity contribution < 1.29 is 22.0 Å². The molecule has 0 unspecified atom stereocenters. The van der Waals surface area contributed by atoms with Crippen molar-refractivity contribution in [2.75, 3.05) is 14.2 Å². The van der Waals surface area contributed by atoms with Crippen molar-refractivity contribution in [1.29, 1.82) is 0 Å². The molecule has 0 aromatic heterocycles. The molecule has 0 aliphatic rings. The lowest BCUT2D eigenvalue weighted by atomic mass is 10.1. The molecule has 110 valence electrons. The standard InChI is InChI=1S/C12H25F3O2Si/c1-4-18(16-2,17-3)11-9-7-5-6-8-10-12(13,14)15/h4-11H2,1-3H3. The number of unbranched alkanes of at least 4 members (excludes halogenated alkanes) is 4. The second-order valence-electron chi connectivity index (χ2n) is 4.56. The van der Waals surface area contributed by atoms with Crippen LogP contribution in [0.25, 0.3) is 0 Å². The van der Waals surface area contributed by atoms with Gasteiger partial charge in [-0.25, -0.2) is 0 Å². The normalized spacial score (nSPS) is 13.0. The number of hydrogen-bond acceptors (Lipinski definition) is 2. The Hall–Kier alpha value is -0.0731. The summed E-state index contributed by atoms with van der Waals surface area (Å²) in [7, 11) is 1.37. The first-order valence-electron chi connectivity index (χ1n) is 6.56. The van der Waals surface area contributed by atoms with E-state index in [-0.39, 0.29) is 6.42 Å². The van der Waals surface area contributed by atoms with Crippen LogP contribution >= 0.6 is 0 Å². The van der Waals surface area contributed by atoms with Crippen LogP contribution in [-0.2, 0) is 8.85 Å². The average molecular weight is 286 g/mol. The molecule has 0 aromatic rings. The molecule has 0 heterocycles. The summed E-state index contributed by atoms with van der Waals surface area (Å²) in [6, 6.07) is 1.84. The van der Waals surface area contributed by atoms with E-state index in [4.69, 9.17) is 8.85 Å². The van der Waals surface area contributed by atoms with Crippen LogP contribution in [-0.4, -0.2) is 29.0 Å². The van der Waals surface area contributed by atoms with Crippen molar-refractivity contribution in [3.8, 4) is 0 Å². The van der Waals surface area contributed by atoms with Gasteiger partial charge in [-0.1, -0.05) is 32.6 Å².